The van der Waals surface area contributed by atoms with Gasteiger partial charge in [0.05, 0.1) is 16.3 Å². The molecule has 2 aromatic carbocycles. The first-order valence-corrected chi connectivity index (χ1v) is 10.6. The highest BCUT2D eigenvalue weighted by atomic mass is 32.2. The van der Waals surface area contributed by atoms with E-state index in [2.05, 4.69) is 10.0 Å². The van der Waals surface area contributed by atoms with Gasteiger partial charge in [0, 0.05) is 17.1 Å². The van der Waals surface area contributed by atoms with Crippen LogP contribution in [0.15, 0.2) is 46.2 Å². The van der Waals surface area contributed by atoms with Gasteiger partial charge in [0.25, 0.3) is 10.0 Å². The molecule has 2 N–H and O–H groups in total. The van der Waals surface area contributed by atoms with Crippen molar-refractivity contribution >= 4 is 39.1 Å². The van der Waals surface area contributed by atoms with Gasteiger partial charge in [-0.3, -0.25) is 9.52 Å². The summed E-state index contributed by atoms with van der Waals surface area (Å²) in [6.45, 7) is 3.87. The van der Waals surface area contributed by atoms with Gasteiger partial charge in [0.15, 0.2) is 0 Å². The van der Waals surface area contributed by atoms with Crippen LogP contribution < -0.4 is 10.0 Å². The monoisotopic (exact) mass is 376 g/mol. The molecule has 0 spiro atoms. The van der Waals surface area contributed by atoms with Gasteiger partial charge < -0.3 is 5.32 Å². The molecule has 1 aliphatic heterocycles. The van der Waals surface area contributed by atoms with Crippen molar-refractivity contribution in [3.8, 4) is 0 Å². The zero-order valence-corrected chi connectivity index (χ0v) is 15.8. The van der Waals surface area contributed by atoms with Gasteiger partial charge in [-0.05, 0) is 42.7 Å². The van der Waals surface area contributed by atoms with Crippen LogP contribution >= 0.6 is 11.8 Å². The number of sulfonamides is 1. The number of anilines is 2. The summed E-state index contributed by atoms with van der Waals surface area (Å²) in [4.78, 5) is 12.8. The molecule has 2 aromatic rings. The topological polar surface area (TPSA) is 75.3 Å². The molecule has 25 heavy (non-hydrogen) atoms. The summed E-state index contributed by atoms with van der Waals surface area (Å²) in [5.74, 6) is 0.590. The van der Waals surface area contributed by atoms with Crippen molar-refractivity contribution in [2.75, 3.05) is 15.8 Å². The van der Waals surface area contributed by atoms with Crippen molar-refractivity contribution in [3.63, 3.8) is 0 Å². The number of carbonyl (C=O) groups excluding carboxylic acids is 1. The lowest BCUT2D eigenvalue weighted by atomic mass is 10.1. The standard InChI is InChI=1S/C18H20N2O3S2/c1-3-13-6-4-5-12(2)18(13)20-25(22,23)14-7-8-16-15(11-14)19-17(21)9-10-24-16/h4-8,11,20H,3,9-10H2,1-2H3,(H,19,21). The van der Waals surface area contributed by atoms with Gasteiger partial charge in [-0.25, -0.2) is 8.42 Å². The Morgan fingerprint density at radius 1 is 1.24 bits per heavy atom. The van der Waals surface area contributed by atoms with Crippen molar-refractivity contribution in [3.05, 3.63) is 47.5 Å². The van der Waals surface area contributed by atoms with Gasteiger partial charge in [-0.2, -0.15) is 0 Å². The Labute approximate surface area is 152 Å². The molecule has 0 unspecified atom stereocenters. The van der Waals surface area contributed by atoms with Gasteiger partial charge in [-0.1, -0.05) is 25.1 Å². The van der Waals surface area contributed by atoms with Gasteiger partial charge in [0.1, 0.15) is 0 Å². The zero-order valence-electron chi connectivity index (χ0n) is 14.1. The molecule has 0 aliphatic carbocycles. The highest BCUT2D eigenvalue weighted by molar-refractivity contribution is 7.99. The number of fused-ring (bicyclic) bond motifs is 1. The van der Waals surface area contributed by atoms with Crippen LogP contribution in [-0.2, 0) is 21.2 Å². The van der Waals surface area contributed by atoms with Crippen molar-refractivity contribution in [2.24, 2.45) is 0 Å². The lowest BCUT2D eigenvalue weighted by Gasteiger charge is -2.15. The third kappa shape index (κ3) is 3.82. The van der Waals surface area contributed by atoms with Crippen LogP contribution in [0, 0.1) is 6.92 Å². The van der Waals surface area contributed by atoms with Gasteiger partial charge in [0.2, 0.25) is 5.91 Å². The molecule has 0 saturated carbocycles. The molecule has 3 rings (SSSR count). The molecular formula is C18H20N2O3S2. The van der Waals surface area contributed by atoms with E-state index in [4.69, 9.17) is 0 Å². The van der Waals surface area contributed by atoms with E-state index in [0.717, 1.165) is 22.4 Å². The number of carbonyl (C=O) groups is 1. The maximum Gasteiger partial charge on any atom is 0.261 e. The Hall–Kier alpha value is -1.99. The summed E-state index contributed by atoms with van der Waals surface area (Å²) in [6, 6.07) is 10.6. The first kappa shape index (κ1) is 17.8. The fourth-order valence-corrected chi connectivity index (χ4v) is 4.86. The molecule has 1 aliphatic rings. The molecule has 0 aromatic heterocycles. The fraction of sp³-hybridized carbons (Fsp3) is 0.278. The van der Waals surface area contributed by atoms with E-state index >= 15 is 0 Å². The number of benzene rings is 2. The van der Waals surface area contributed by atoms with E-state index in [9.17, 15) is 13.2 Å². The maximum absolute atomic E-state index is 12.8. The van der Waals surface area contributed by atoms with Crippen LogP contribution in [0.4, 0.5) is 11.4 Å². The molecule has 0 saturated heterocycles. The lowest BCUT2D eigenvalue weighted by molar-refractivity contribution is -0.115. The van der Waals surface area contributed by atoms with E-state index in [1.165, 1.54) is 6.07 Å². The summed E-state index contributed by atoms with van der Waals surface area (Å²) >= 11 is 1.55. The van der Waals surface area contributed by atoms with Crippen LogP contribution in [0.25, 0.3) is 0 Å². The second-order valence-electron chi connectivity index (χ2n) is 5.87. The molecule has 0 radical (unpaired) electrons. The molecule has 5 nitrogen and oxygen atoms in total. The average Bonchev–Trinajstić information content (AvgIpc) is 2.76. The molecule has 0 fully saturated rings. The largest absolute Gasteiger partial charge is 0.325 e. The first-order chi connectivity index (χ1) is 11.9. The summed E-state index contributed by atoms with van der Waals surface area (Å²) in [6.07, 6.45) is 1.15. The van der Waals surface area contributed by atoms with Crippen molar-refractivity contribution in [2.45, 2.75) is 36.5 Å². The Bertz CT molecular complexity index is 924. The second-order valence-corrected chi connectivity index (χ2v) is 8.69. The first-order valence-electron chi connectivity index (χ1n) is 8.08. The predicted octanol–water partition coefficient (Wildman–Crippen LogP) is 3.79. The third-order valence-corrected chi connectivity index (χ3v) is 6.52. The molecule has 0 bridgehead atoms. The minimum absolute atomic E-state index is 0.0964. The molecule has 132 valence electrons. The summed E-state index contributed by atoms with van der Waals surface area (Å²) < 4.78 is 28.4. The highest BCUT2D eigenvalue weighted by Gasteiger charge is 2.21. The highest BCUT2D eigenvalue weighted by Crippen LogP contribution is 2.33. The minimum atomic E-state index is -3.74. The van der Waals surface area contributed by atoms with E-state index in [-0.39, 0.29) is 10.8 Å². The molecule has 7 heteroatoms. The van der Waals surface area contributed by atoms with Crippen LogP contribution in [0.2, 0.25) is 0 Å². The summed E-state index contributed by atoms with van der Waals surface area (Å²) in [5, 5.41) is 2.78. The number of amides is 1. The minimum Gasteiger partial charge on any atom is -0.325 e. The van der Waals surface area contributed by atoms with E-state index in [1.807, 2.05) is 32.0 Å². The Morgan fingerprint density at radius 2 is 2.04 bits per heavy atom. The number of para-hydroxylation sites is 1. The summed E-state index contributed by atoms with van der Waals surface area (Å²) in [5.41, 5.74) is 3.00. The van der Waals surface area contributed by atoms with Crippen LogP contribution in [-0.4, -0.2) is 20.1 Å². The summed E-state index contributed by atoms with van der Waals surface area (Å²) in [7, 11) is -3.74. The lowest BCUT2D eigenvalue weighted by Crippen LogP contribution is -2.16. The van der Waals surface area contributed by atoms with Crippen molar-refractivity contribution in [1.29, 1.82) is 0 Å². The smallest absolute Gasteiger partial charge is 0.261 e. The Balaban J connectivity index is 1.98. The van der Waals surface area contributed by atoms with Crippen molar-refractivity contribution in [1.82, 2.24) is 0 Å². The van der Waals surface area contributed by atoms with Crippen LogP contribution in [0.3, 0.4) is 0 Å². The van der Waals surface area contributed by atoms with E-state index < -0.39 is 10.0 Å². The quantitative estimate of drug-likeness (QED) is 0.851. The van der Waals surface area contributed by atoms with Crippen LogP contribution in [0.1, 0.15) is 24.5 Å². The Morgan fingerprint density at radius 3 is 2.80 bits per heavy atom. The van der Waals surface area contributed by atoms with E-state index in [1.54, 1.807) is 23.9 Å². The number of hydrogen-bond donors (Lipinski definition) is 2. The number of rotatable bonds is 4. The van der Waals surface area contributed by atoms with Gasteiger partial charge in [-0.15, -0.1) is 11.8 Å². The normalized spacial score (nSPS) is 14.4. The average molecular weight is 377 g/mol. The molecular weight excluding hydrogens is 356 g/mol. The third-order valence-electron chi connectivity index (χ3n) is 4.10. The van der Waals surface area contributed by atoms with Crippen molar-refractivity contribution < 1.29 is 13.2 Å². The second kappa shape index (κ2) is 7.09. The number of hydrogen-bond acceptors (Lipinski definition) is 4. The number of nitrogens with one attached hydrogen (secondary N) is 2. The zero-order chi connectivity index (χ0) is 18.0. The molecule has 1 amide bonds. The maximum atomic E-state index is 12.8. The SMILES string of the molecule is CCc1cccc(C)c1NS(=O)(=O)c1ccc2c(c1)NC(=O)CCS2. The van der Waals surface area contributed by atoms with Crippen LogP contribution in [0.5, 0.6) is 0 Å². The number of aryl methyl sites for hydroxylation is 2. The number of thioether (sulfide) groups is 1. The molecule has 1 heterocycles. The Kier molecular flexibility index (Phi) is 5.06. The fourth-order valence-electron chi connectivity index (χ4n) is 2.73. The van der Waals surface area contributed by atoms with E-state index in [0.29, 0.717) is 23.5 Å². The molecule has 0 atom stereocenters. The predicted molar refractivity (Wildman–Crippen MR) is 102 cm³/mol. The van der Waals surface area contributed by atoms with Gasteiger partial charge >= 0.3 is 0 Å².